The Bertz CT molecular complexity index is 218. The van der Waals surface area contributed by atoms with E-state index in [0.29, 0.717) is 13.0 Å². The number of esters is 1. The Morgan fingerprint density at radius 1 is 1.57 bits per heavy atom. The average molecular weight is 196 g/mol. The predicted molar refractivity (Wildman–Crippen MR) is 57.0 cm³/mol. The van der Waals surface area contributed by atoms with Gasteiger partial charge in [-0.1, -0.05) is 25.0 Å². The summed E-state index contributed by atoms with van der Waals surface area (Å²) in [4.78, 5) is 11.2. The molecular formula is C12H20O2. The van der Waals surface area contributed by atoms with Crippen molar-refractivity contribution in [1.29, 1.82) is 0 Å². The van der Waals surface area contributed by atoms with Gasteiger partial charge in [-0.2, -0.15) is 0 Å². The van der Waals surface area contributed by atoms with E-state index in [2.05, 4.69) is 13.0 Å². The molecule has 0 N–H and O–H groups in total. The van der Waals surface area contributed by atoms with E-state index in [1.807, 2.05) is 6.92 Å². The fourth-order valence-electron chi connectivity index (χ4n) is 1.87. The molecule has 0 aromatic carbocycles. The number of rotatable bonds is 4. The van der Waals surface area contributed by atoms with Gasteiger partial charge in [-0.25, -0.2) is 0 Å². The number of allylic oxidation sites excluding steroid dienone is 1. The van der Waals surface area contributed by atoms with Crippen molar-refractivity contribution in [1.82, 2.24) is 0 Å². The molecule has 14 heavy (non-hydrogen) atoms. The third-order valence-corrected chi connectivity index (χ3v) is 2.87. The summed E-state index contributed by atoms with van der Waals surface area (Å²) in [5.74, 6) is 0.759. The second kappa shape index (κ2) is 5.84. The van der Waals surface area contributed by atoms with Crippen molar-refractivity contribution in [2.75, 3.05) is 6.61 Å². The number of carbonyl (C=O) groups is 1. The SMILES string of the molecule is CCOC(=O)CC1=CCC(CC)CC1. The van der Waals surface area contributed by atoms with Gasteiger partial charge in [-0.15, -0.1) is 0 Å². The normalized spacial score (nSPS) is 21.6. The highest BCUT2D eigenvalue weighted by atomic mass is 16.5. The van der Waals surface area contributed by atoms with Crippen molar-refractivity contribution in [3.05, 3.63) is 11.6 Å². The van der Waals surface area contributed by atoms with Crippen LogP contribution in [0.15, 0.2) is 11.6 Å². The lowest BCUT2D eigenvalue weighted by molar-refractivity contribution is -0.142. The minimum atomic E-state index is -0.0753. The highest BCUT2D eigenvalue weighted by Gasteiger charge is 2.14. The first kappa shape index (κ1) is 11.3. The molecule has 0 fully saturated rings. The molecule has 1 aliphatic rings. The summed E-state index contributed by atoms with van der Waals surface area (Å²) in [5, 5.41) is 0. The molecule has 0 aromatic rings. The van der Waals surface area contributed by atoms with E-state index < -0.39 is 0 Å². The summed E-state index contributed by atoms with van der Waals surface area (Å²) < 4.78 is 4.92. The van der Waals surface area contributed by atoms with Crippen LogP contribution < -0.4 is 0 Å². The maximum absolute atomic E-state index is 11.2. The quantitative estimate of drug-likeness (QED) is 0.510. The predicted octanol–water partition coefficient (Wildman–Crippen LogP) is 3.08. The molecule has 1 atom stereocenters. The molecule has 0 aliphatic heterocycles. The summed E-state index contributed by atoms with van der Waals surface area (Å²) in [6.07, 6.45) is 7.45. The Labute approximate surface area is 86.3 Å². The molecule has 0 bridgehead atoms. The Balaban J connectivity index is 2.33. The Hall–Kier alpha value is -0.790. The topological polar surface area (TPSA) is 26.3 Å². The molecule has 1 aliphatic carbocycles. The molecule has 0 aromatic heterocycles. The van der Waals surface area contributed by atoms with Gasteiger partial charge in [0.15, 0.2) is 0 Å². The van der Waals surface area contributed by atoms with Gasteiger partial charge in [0.05, 0.1) is 13.0 Å². The molecule has 0 amide bonds. The zero-order valence-electron chi connectivity index (χ0n) is 9.21. The molecule has 0 radical (unpaired) electrons. The lowest BCUT2D eigenvalue weighted by Gasteiger charge is -2.19. The van der Waals surface area contributed by atoms with Gasteiger partial charge in [-0.05, 0) is 32.1 Å². The maximum Gasteiger partial charge on any atom is 0.309 e. The zero-order valence-corrected chi connectivity index (χ0v) is 9.21. The zero-order chi connectivity index (χ0) is 10.4. The van der Waals surface area contributed by atoms with Gasteiger partial charge in [0.2, 0.25) is 0 Å². The number of hydrogen-bond acceptors (Lipinski definition) is 2. The van der Waals surface area contributed by atoms with Gasteiger partial charge in [-0.3, -0.25) is 4.79 Å². The van der Waals surface area contributed by atoms with Crippen LogP contribution in [-0.4, -0.2) is 12.6 Å². The summed E-state index contributed by atoms with van der Waals surface area (Å²) in [6, 6.07) is 0. The van der Waals surface area contributed by atoms with Crippen molar-refractivity contribution in [3.63, 3.8) is 0 Å². The summed E-state index contributed by atoms with van der Waals surface area (Å²) in [7, 11) is 0. The summed E-state index contributed by atoms with van der Waals surface area (Å²) in [5.41, 5.74) is 1.27. The second-order valence-corrected chi connectivity index (χ2v) is 3.89. The number of hydrogen-bond donors (Lipinski definition) is 0. The van der Waals surface area contributed by atoms with Crippen LogP contribution in [0.25, 0.3) is 0 Å². The van der Waals surface area contributed by atoms with Crippen LogP contribution in [0, 0.1) is 5.92 Å². The standard InChI is InChI=1S/C12H20O2/c1-3-10-5-7-11(8-6-10)9-12(13)14-4-2/h7,10H,3-6,8-9H2,1-2H3. The van der Waals surface area contributed by atoms with Gasteiger partial charge >= 0.3 is 5.97 Å². The Kier molecular flexibility index (Phi) is 4.71. The van der Waals surface area contributed by atoms with Crippen LogP contribution in [0.3, 0.4) is 0 Å². The largest absolute Gasteiger partial charge is 0.466 e. The smallest absolute Gasteiger partial charge is 0.309 e. The van der Waals surface area contributed by atoms with E-state index >= 15 is 0 Å². The first-order chi connectivity index (χ1) is 6.76. The first-order valence-electron chi connectivity index (χ1n) is 5.59. The van der Waals surface area contributed by atoms with Gasteiger partial charge in [0.1, 0.15) is 0 Å². The van der Waals surface area contributed by atoms with E-state index in [9.17, 15) is 4.79 Å². The molecule has 0 saturated carbocycles. The van der Waals surface area contributed by atoms with E-state index in [4.69, 9.17) is 4.74 Å². The minimum absolute atomic E-state index is 0.0753. The number of carbonyl (C=O) groups excluding carboxylic acids is 1. The van der Waals surface area contributed by atoms with Gasteiger partial charge in [0, 0.05) is 0 Å². The molecule has 2 nitrogen and oxygen atoms in total. The third-order valence-electron chi connectivity index (χ3n) is 2.87. The van der Waals surface area contributed by atoms with Crippen LogP contribution in [0.4, 0.5) is 0 Å². The molecular weight excluding hydrogens is 176 g/mol. The molecule has 0 heterocycles. The fraction of sp³-hybridized carbons (Fsp3) is 0.750. The first-order valence-corrected chi connectivity index (χ1v) is 5.59. The molecule has 0 spiro atoms. The summed E-state index contributed by atoms with van der Waals surface area (Å²) >= 11 is 0. The Morgan fingerprint density at radius 3 is 2.86 bits per heavy atom. The van der Waals surface area contributed by atoms with Crippen LogP contribution >= 0.6 is 0 Å². The minimum Gasteiger partial charge on any atom is -0.466 e. The van der Waals surface area contributed by atoms with E-state index in [1.165, 1.54) is 18.4 Å². The molecule has 1 rings (SSSR count). The van der Waals surface area contributed by atoms with Crippen molar-refractivity contribution >= 4 is 5.97 Å². The summed E-state index contributed by atoms with van der Waals surface area (Å²) in [6.45, 7) is 4.57. The van der Waals surface area contributed by atoms with Crippen LogP contribution in [0.1, 0.15) is 46.0 Å². The average Bonchev–Trinajstić information content (AvgIpc) is 2.19. The van der Waals surface area contributed by atoms with Crippen molar-refractivity contribution in [2.45, 2.75) is 46.0 Å². The Morgan fingerprint density at radius 2 is 2.36 bits per heavy atom. The highest BCUT2D eigenvalue weighted by Crippen LogP contribution is 2.27. The second-order valence-electron chi connectivity index (χ2n) is 3.89. The monoisotopic (exact) mass is 196 g/mol. The lowest BCUT2D eigenvalue weighted by Crippen LogP contribution is -2.09. The molecule has 80 valence electrons. The van der Waals surface area contributed by atoms with Crippen molar-refractivity contribution in [3.8, 4) is 0 Å². The van der Waals surface area contributed by atoms with Gasteiger partial charge in [0.25, 0.3) is 0 Å². The van der Waals surface area contributed by atoms with Crippen molar-refractivity contribution < 1.29 is 9.53 Å². The highest BCUT2D eigenvalue weighted by molar-refractivity contribution is 5.72. The van der Waals surface area contributed by atoms with E-state index in [0.717, 1.165) is 18.8 Å². The van der Waals surface area contributed by atoms with Gasteiger partial charge < -0.3 is 4.74 Å². The van der Waals surface area contributed by atoms with E-state index in [1.54, 1.807) is 0 Å². The molecule has 0 saturated heterocycles. The molecule has 1 unspecified atom stereocenters. The van der Waals surface area contributed by atoms with E-state index in [-0.39, 0.29) is 5.97 Å². The fourth-order valence-corrected chi connectivity index (χ4v) is 1.87. The third kappa shape index (κ3) is 3.52. The van der Waals surface area contributed by atoms with Crippen LogP contribution in [0.2, 0.25) is 0 Å². The van der Waals surface area contributed by atoms with Crippen LogP contribution in [0.5, 0.6) is 0 Å². The number of ether oxygens (including phenoxy) is 1. The maximum atomic E-state index is 11.2. The molecule has 2 heteroatoms. The van der Waals surface area contributed by atoms with Crippen LogP contribution in [-0.2, 0) is 9.53 Å². The lowest BCUT2D eigenvalue weighted by atomic mass is 9.87. The van der Waals surface area contributed by atoms with Crippen molar-refractivity contribution in [2.24, 2.45) is 5.92 Å².